The summed E-state index contributed by atoms with van der Waals surface area (Å²) in [7, 11) is 0. The van der Waals surface area contributed by atoms with Gasteiger partial charge >= 0.3 is 11.9 Å². The van der Waals surface area contributed by atoms with E-state index in [2.05, 4.69) is 6.92 Å². The number of hydrogen-bond acceptors (Lipinski definition) is 5. The van der Waals surface area contributed by atoms with Crippen LogP contribution in [0.3, 0.4) is 0 Å². The van der Waals surface area contributed by atoms with Crippen LogP contribution in [0.15, 0.2) is 18.2 Å². The van der Waals surface area contributed by atoms with Gasteiger partial charge in [0.05, 0.1) is 29.4 Å². The molecule has 0 aromatic heterocycles. The molecule has 4 unspecified atom stereocenters. The van der Waals surface area contributed by atoms with Gasteiger partial charge in [0.15, 0.2) is 0 Å². The number of carboxylic acid groups (broad SMARTS) is 1. The van der Waals surface area contributed by atoms with Gasteiger partial charge in [-0.1, -0.05) is 81.1 Å². The molecule has 0 aliphatic heterocycles. The molecule has 37 heavy (non-hydrogen) atoms. The molecule has 2 aliphatic rings. The van der Waals surface area contributed by atoms with Crippen LogP contribution in [-0.4, -0.2) is 41.0 Å². The van der Waals surface area contributed by atoms with Crippen molar-refractivity contribution >= 4 is 35.1 Å². The molecule has 0 amide bonds. The zero-order valence-electron chi connectivity index (χ0n) is 21.7. The number of unbranched alkanes of at least 4 members (excludes halogenated alkanes) is 4. The summed E-state index contributed by atoms with van der Waals surface area (Å²) in [4.78, 5) is 26.0. The zero-order chi connectivity index (χ0) is 27.1. The van der Waals surface area contributed by atoms with Crippen LogP contribution in [0.25, 0.3) is 0 Å². The van der Waals surface area contributed by atoms with Crippen molar-refractivity contribution in [2.45, 2.75) is 108 Å². The molecule has 3 rings (SSSR count). The fourth-order valence-corrected chi connectivity index (χ4v) is 6.41. The molecule has 2 aliphatic carbocycles. The van der Waals surface area contributed by atoms with E-state index in [1.54, 1.807) is 18.2 Å². The summed E-state index contributed by atoms with van der Waals surface area (Å²) in [6, 6.07) is 5.06. The summed E-state index contributed by atoms with van der Waals surface area (Å²) in [5.74, 6) is -3.96. The number of benzene rings is 1. The zero-order valence-corrected chi connectivity index (χ0v) is 23.2. The van der Waals surface area contributed by atoms with Crippen LogP contribution in [0.4, 0.5) is 4.39 Å². The lowest BCUT2D eigenvalue weighted by Crippen LogP contribution is -2.73. The highest BCUT2D eigenvalue weighted by Gasteiger charge is 2.67. The Kier molecular flexibility index (Phi) is 11.1. The Hall–Kier alpha value is -1.41. The minimum atomic E-state index is -2.64. The van der Waals surface area contributed by atoms with Crippen LogP contribution in [-0.2, 0) is 25.7 Å². The van der Waals surface area contributed by atoms with Crippen molar-refractivity contribution in [3.8, 4) is 0 Å². The Morgan fingerprint density at radius 3 is 2.43 bits per heavy atom. The third kappa shape index (κ3) is 6.97. The summed E-state index contributed by atoms with van der Waals surface area (Å²) < 4.78 is 28.2. The summed E-state index contributed by atoms with van der Waals surface area (Å²) in [6.07, 6.45) is 7.52. The van der Waals surface area contributed by atoms with E-state index < -0.39 is 35.2 Å². The molecular formula is C28H40Cl2FNO5. The molecule has 6 nitrogen and oxygen atoms in total. The number of carbonyl (C=O) groups is 2. The predicted octanol–water partition coefficient (Wildman–Crippen LogP) is 6.87. The molecule has 0 spiro atoms. The van der Waals surface area contributed by atoms with Crippen molar-refractivity contribution in [2.24, 2.45) is 17.6 Å². The van der Waals surface area contributed by atoms with Gasteiger partial charge in [0, 0.05) is 5.92 Å². The maximum Gasteiger partial charge on any atom is 0.341 e. The first kappa shape index (κ1) is 30.1. The highest BCUT2D eigenvalue weighted by Crippen LogP contribution is 2.51. The number of carbonyl (C=O) groups excluding carboxylic acids is 1. The molecule has 0 saturated heterocycles. The quantitative estimate of drug-likeness (QED) is 0.214. The van der Waals surface area contributed by atoms with E-state index in [-0.39, 0.29) is 32.0 Å². The number of alkyl halides is 1. The Labute approximate surface area is 229 Å². The number of rotatable bonds is 12. The van der Waals surface area contributed by atoms with Gasteiger partial charge in [0.25, 0.3) is 0 Å². The van der Waals surface area contributed by atoms with Gasteiger partial charge in [-0.25, -0.2) is 14.0 Å². The van der Waals surface area contributed by atoms with E-state index in [1.165, 1.54) is 0 Å². The topological polar surface area (TPSA) is 98.9 Å². The van der Waals surface area contributed by atoms with Gasteiger partial charge in [-0.3, -0.25) is 0 Å². The van der Waals surface area contributed by atoms with E-state index in [9.17, 15) is 14.7 Å². The number of nitrogens with two attached hydrogens (primary N) is 1. The molecule has 3 N–H and O–H groups in total. The lowest BCUT2D eigenvalue weighted by molar-refractivity contribution is -0.193. The second kappa shape index (κ2) is 13.6. The van der Waals surface area contributed by atoms with Gasteiger partial charge in [-0.05, 0) is 55.7 Å². The highest BCUT2D eigenvalue weighted by atomic mass is 35.5. The fourth-order valence-electron chi connectivity index (χ4n) is 6.09. The lowest BCUT2D eigenvalue weighted by atomic mass is 9.57. The van der Waals surface area contributed by atoms with E-state index >= 15 is 4.39 Å². The van der Waals surface area contributed by atoms with Crippen molar-refractivity contribution in [3.05, 3.63) is 33.8 Å². The summed E-state index contributed by atoms with van der Waals surface area (Å²) >= 11 is 12.2. The minimum absolute atomic E-state index is 0.0184. The van der Waals surface area contributed by atoms with Gasteiger partial charge in [0.2, 0.25) is 5.67 Å². The smallest absolute Gasteiger partial charge is 0.341 e. The molecule has 1 aromatic carbocycles. The molecule has 208 valence electrons. The largest absolute Gasteiger partial charge is 0.479 e. The SMILES string of the molecule is CCCCCCCOC(=O)C1(N)C(OCc2ccc(Cl)c(Cl)c2)CCC(F)(C(=O)O)C1C1CCCCC1. The van der Waals surface area contributed by atoms with E-state index in [1.807, 2.05) is 0 Å². The van der Waals surface area contributed by atoms with Crippen LogP contribution in [0, 0.1) is 11.8 Å². The average Bonchev–Trinajstić information content (AvgIpc) is 2.88. The van der Waals surface area contributed by atoms with Crippen LogP contribution in [0.5, 0.6) is 0 Å². The van der Waals surface area contributed by atoms with Crippen molar-refractivity contribution in [2.75, 3.05) is 6.61 Å². The Morgan fingerprint density at radius 1 is 1.08 bits per heavy atom. The van der Waals surface area contributed by atoms with Gasteiger partial charge < -0.3 is 20.3 Å². The summed E-state index contributed by atoms with van der Waals surface area (Å²) in [5, 5.41) is 10.8. The normalized spacial score (nSPS) is 28.7. The fraction of sp³-hybridized carbons (Fsp3) is 0.714. The highest BCUT2D eigenvalue weighted by molar-refractivity contribution is 6.42. The Balaban J connectivity index is 1.89. The third-order valence-corrected chi connectivity index (χ3v) is 8.80. The molecule has 0 bridgehead atoms. The van der Waals surface area contributed by atoms with Crippen molar-refractivity contribution in [3.63, 3.8) is 0 Å². The number of aliphatic carboxylic acids is 1. The number of hydrogen-bond donors (Lipinski definition) is 2. The number of carboxylic acids is 1. The van der Waals surface area contributed by atoms with Crippen LogP contribution < -0.4 is 5.73 Å². The van der Waals surface area contributed by atoms with Crippen LogP contribution in [0.2, 0.25) is 10.0 Å². The third-order valence-electron chi connectivity index (χ3n) is 8.06. The maximum atomic E-state index is 16.4. The Bertz CT molecular complexity index is 928. The van der Waals surface area contributed by atoms with E-state index in [4.69, 9.17) is 38.4 Å². The van der Waals surface area contributed by atoms with Crippen molar-refractivity contribution in [1.29, 1.82) is 0 Å². The lowest BCUT2D eigenvalue weighted by Gasteiger charge is -2.52. The first-order chi connectivity index (χ1) is 17.6. The van der Waals surface area contributed by atoms with Crippen molar-refractivity contribution < 1.29 is 28.6 Å². The number of ether oxygens (including phenoxy) is 2. The monoisotopic (exact) mass is 559 g/mol. The Morgan fingerprint density at radius 2 is 1.78 bits per heavy atom. The molecule has 1 aromatic rings. The van der Waals surface area contributed by atoms with E-state index in [0.717, 1.165) is 44.9 Å². The average molecular weight is 561 g/mol. The minimum Gasteiger partial charge on any atom is -0.479 e. The van der Waals surface area contributed by atoms with E-state index in [0.29, 0.717) is 34.9 Å². The van der Waals surface area contributed by atoms with Crippen LogP contribution in [0.1, 0.15) is 89.5 Å². The standard InChI is InChI=1S/C28H40Cl2FNO5/c1-2-3-4-5-9-16-36-26(35)28(32)23(37-18-19-12-13-21(29)22(30)17-19)14-15-27(31,25(33)34)24(28)20-10-7-6-8-11-20/h12-13,17,20,23-24H,2-11,14-16,18,32H2,1H3,(H,33,34). The summed E-state index contributed by atoms with van der Waals surface area (Å²) in [6.45, 7) is 2.34. The summed E-state index contributed by atoms with van der Waals surface area (Å²) in [5.41, 5.74) is 3.00. The van der Waals surface area contributed by atoms with Gasteiger partial charge in [0.1, 0.15) is 5.54 Å². The molecule has 9 heteroatoms. The number of halogens is 3. The number of esters is 1. The van der Waals surface area contributed by atoms with Crippen LogP contribution >= 0.6 is 23.2 Å². The molecular weight excluding hydrogens is 520 g/mol. The molecule has 4 atom stereocenters. The first-order valence-electron chi connectivity index (χ1n) is 13.6. The second-order valence-electron chi connectivity index (χ2n) is 10.6. The predicted molar refractivity (Wildman–Crippen MR) is 142 cm³/mol. The molecule has 0 radical (unpaired) electrons. The molecule has 0 heterocycles. The van der Waals surface area contributed by atoms with Crippen molar-refractivity contribution in [1.82, 2.24) is 0 Å². The first-order valence-corrected chi connectivity index (χ1v) is 14.3. The second-order valence-corrected chi connectivity index (χ2v) is 11.4. The molecule has 2 fully saturated rings. The molecule has 2 saturated carbocycles. The maximum absolute atomic E-state index is 16.4. The van der Waals surface area contributed by atoms with Gasteiger partial charge in [-0.2, -0.15) is 0 Å². The van der Waals surface area contributed by atoms with Gasteiger partial charge in [-0.15, -0.1) is 0 Å².